The van der Waals surface area contributed by atoms with E-state index in [2.05, 4.69) is 5.32 Å². The Labute approximate surface area is 91.5 Å². The van der Waals surface area contributed by atoms with E-state index in [0.717, 1.165) is 17.4 Å². The van der Waals surface area contributed by atoms with Crippen molar-refractivity contribution < 1.29 is 4.79 Å². The molecule has 0 aliphatic heterocycles. The number of aromatic nitrogens is 2. The Morgan fingerprint density at radius 3 is 2.56 bits per heavy atom. The highest BCUT2D eigenvalue weighted by Crippen LogP contribution is 2.18. The molecule has 0 spiro atoms. The smallest absolute Gasteiger partial charge is 0.330 e. The summed E-state index contributed by atoms with van der Waals surface area (Å²) in [6, 6.07) is 0.189. The number of hydrogen-bond acceptors (Lipinski definition) is 3. The summed E-state index contributed by atoms with van der Waals surface area (Å²) in [5.41, 5.74) is -0.981. The Kier molecular flexibility index (Phi) is 2.41. The largest absolute Gasteiger partial charge is 0.349 e. The number of hydrogen-bond donors (Lipinski definition) is 1. The zero-order valence-corrected chi connectivity index (χ0v) is 9.19. The lowest BCUT2D eigenvalue weighted by Gasteiger charge is -2.06. The van der Waals surface area contributed by atoms with Crippen molar-refractivity contribution in [2.45, 2.75) is 18.9 Å². The highest BCUT2D eigenvalue weighted by molar-refractivity contribution is 5.93. The van der Waals surface area contributed by atoms with Gasteiger partial charge in [0.25, 0.3) is 11.5 Å². The molecule has 6 nitrogen and oxygen atoms in total. The van der Waals surface area contributed by atoms with Gasteiger partial charge < -0.3 is 9.88 Å². The first-order chi connectivity index (χ1) is 7.50. The molecule has 1 aliphatic rings. The van der Waals surface area contributed by atoms with Crippen LogP contribution in [0.1, 0.15) is 23.2 Å². The lowest BCUT2D eigenvalue weighted by Crippen LogP contribution is -2.42. The molecular weight excluding hydrogens is 210 g/mol. The van der Waals surface area contributed by atoms with Crippen LogP contribution in [0.2, 0.25) is 0 Å². The number of amides is 1. The molecule has 0 aromatic carbocycles. The van der Waals surface area contributed by atoms with Gasteiger partial charge in [0, 0.05) is 26.3 Å². The molecule has 1 aromatic heterocycles. The monoisotopic (exact) mass is 223 g/mol. The van der Waals surface area contributed by atoms with E-state index in [1.165, 1.54) is 24.9 Å². The molecule has 2 rings (SSSR count). The fourth-order valence-electron chi connectivity index (χ4n) is 1.45. The molecule has 16 heavy (non-hydrogen) atoms. The molecule has 1 N–H and O–H groups in total. The lowest BCUT2D eigenvalue weighted by atomic mass is 10.3. The summed E-state index contributed by atoms with van der Waals surface area (Å²) < 4.78 is 2.16. The van der Waals surface area contributed by atoms with E-state index >= 15 is 0 Å². The average molecular weight is 223 g/mol. The number of carbonyl (C=O) groups is 1. The molecule has 6 heteroatoms. The summed E-state index contributed by atoms with van der Waals surface area (Å²) in [4.78, 5) is 34.8. The number of nitrogens with one attached hydrogen (secondary N) is 1. The Morgan fingerprint density at radius 2 is 2.00 bits per heavy atom. The van der Waals surface area contributed by atoms with Gasteiger partial charge in [-0.2, -0.15) is 0 Å². The first kappa shape index (κ1) is 10.7. The minimum absolute atomic E-state index is 0.0106. The van der Waals surface area contributed by atoms with Crippen LogP contribution in [-0.2, 0) is 14.1 Å². The Balaban J connectivity index is 2.44. The zero-order valence-electron chi connectivity index (χ0n) is 9.19. The number of nitrogens with zero attached hydrogens (tertiary/aromatic N) is 2. The van der Waals surface area contributed by atoms with Crippen LogP contribution in [0.25, 0.3) is 0 Å². The van der Waals surface area contributed by atoms with Crippen molar-refractivity contribution in [2.75, 3.05) is 0 Å². The molecular formula is C10H13N3O3. The summed E-state index contributed by atoms with van der Waals surface area (Å²) in [5, 5.41) is 2.72. The van der Waals surface area contributed by atoms with Crippen LogP contribution in [0.3, 0.4) is 0 Å². The van der Waals surface area contributed by atoms with Crippen LogP contribution >= 0.6 is 0 Å². The van der Waals surface area contributed by atoms with Gasteiger partial charge in [0.2, 0.25) is 0 Å². The molecule has 0 atom stereocenters. The second kappa shape index (κ2) is 3.62. The van der Waals surface area contributed by atoms with Crippen LogP contribution in [0, 0.1) is 0 Å². The summed E-state index contributed by atoms with van der Waals surface area (Å²) in [5.74, 6) is -0.404. The van der Waals surface area contributed by atoms with Gasteiger partial charge in [0.1, 0.15) is 5.56 Å². The maximum Gasteiger partial charge on any atom is 0.330 e. The van der Waals surface area contributed by atoms with Crippen molar-refractivity contribution >= 4 is 5.91 Å². The molecule has 1 saturated carbocycles. The van der Waals surface area contributed by atoms with E-state index in [1.54, 1.807) is 0 Å². The number of aryl methyl sites for hydroxylation is 1. The predicted octanol–water partition coefficient (Wildman–Crippen LogP) is -1.02. The van der Waals surface area contributed by atoms with Crippen LogP contribution in [-0.4, -0.2) is 21.1 Å². The van der Waals surface area contributed by atoms with Gasteiger partial charge in [-0.15, -0.1) is 0 Å². The minimum atomic E-state index is -0.554. The SMILES string of the molecule is Cn1cc(C(=O)NC2CC2)c(=O)n(C)c1=O. The summed E-state index contributed by atoms with van der Waals surface area (Å²) in [6.45, 7) is 0. The molecule has 0 unspecified atom stereocenters. The Hall–Kier alpha value is -1.85. The van der Waals surface area contributed by atoms with Crippen LogP contribution in [0.15, 0.2) is 15.8 Å². The van der Waals surface area contributed by atoms with E-state index in [-0.39, 0.29) is 11.6 Å². The second-order valence-corrected chi connectivity index (χ2v) is 4.05. The molecule has 0 radical (unpaired) electrons. The van der Waals surface area contributed by atoms with Crippen molar-refractivity contribution in [3.8, 4) is 0 Å². The van der Waals surface area contributed by atoms with Crippen molar-refractivity contribution in [2.24, 2.45) is 14.1 Å². The molecule has 0 saturated heterocycles. The molecule has 1 fully saturated rings. The van der Waals surface area contributed by atoms with E-state index in [9.17, 15) is 14.4 Å². The summed E-state index contributed by atoms with van der Waals surface area (Å²) in [6.07, 6.45) is 3.19. The molecule has 86 valence electrons. The van der Waals surface area contributed by atoms with Crippen molar-refractivity contribution in [3.05, 3.63) is 32.6 Å². The highest BCUT2D eigenvalue weighted by Gasteiger charge is 2.25. The van der Waals surface area contributed by atoms with Gasteiger partial charge in [-0.05, 0) is 12.8 Å². The van der Waals surface area contributed by atoms with Gasteiger partial charge in [-0.25, -0.2) is 4.79 Å². The molecule has 1 aromatic rings. The number of carbonyl (C=O) groups excluding carboxylic acids is 1. The van der Waals surface area contributed by atoms with Crippen LogP contribution in [0.4, 0.5) is 0 Å². The maximum absolute atomic E-state index is 11.7. The normalized spacial score (nSPS) is 14.9. The fraction of sp³-hybridized carbons (Fsp3) is 0.500. The maximum atomic E-state index is 11.7. The first-order valence-corrected chi connectivity index (χ1v) is 5.08. The lowest BCUT2D eigenvalue weighted by molar-refractivity contribution is 0.0948. The zero-order chi connectivity index (χ0) is 11.9. The first-order valence-electron chi connectivity index (χ1n) is 5.08. The van der Waals surface area contributed by atoms with E-state index in [0.29, 0.717) is 0 Å². The van der Waals surface area contributed by atoms with Crippen molar-refractivity contribution in [1.82, 2.24) is 14.5 Å². The van der Waals surface area contributed by atoms with Crippen molar-refractivity contribution in [1.29, 1.82) is 0 Å². The van der Waals surface area contributed by atoms with Crippen LogP contribution < -0.4 is 16.6 Å². The highest BCUT2D eigenvalue weighted by atomic mass is 16.2. The molecule has 0 bridgehead atoms. The quantitative estimate of drug-likeness (QED) is 0.697. The predicted molar refractivity (Wildman–Crippen MR) is 57.4 cm³/mol. The minimum Gasteiger partial charge on any atom is -0.349 e. The van der Waals surface area contributed by atoms with E-state index < -0.39 is 17.2 Å². The fourth-order valence-corrected chi connectivity index (χ4v) is 1.45. The van der Waals surface area contributed by atoms with Gasteiger partial charge in [0.05, 0.1) is 0 Å². The van der Waals surface area contributed by atoms with E-state index in [1.807, 2.05) is 0 Å². The van der Waals surface area contributed by atoms with Gasteiger partial charge in [-0.3, -0.25) is 14.2 Å². The topological polar surface area (TPSA) is 73.1 Å². The Morgan fingerprint density at radius 1 is 1.38 bits per heavy atom. The third-order valence-electron chi connectivity index (χ3n) is 2.60. The third kappa shape index (κ3) is 1.78. The average Bonchev–Trinajstić information content (AvgIpc) is 3.04. The van der Waals surface area contributed by atoms with Crippen molar-refractivity contribution in [3.63, 3.8) is 0 Å². The standard InChI is InChI=1S/C10H13N3O3/c1-12-5-7(8(14)11-6-3-4-6)9(15)13(2)10(12)16/h5-6H,3-4H2,1-2H3,(H,11,14). The Bertz CT molecular complexity index is 551. The molecule has 1 amide bonds. The van der Waals surface area contributed by atoms with Gasteiger partial charge >= 0.3 is 5.69 Å². The number of rotatable bonds is 2. The summed E-state index contributed by atoms with van der Waals surface area (Å²) in [7, 11) is 2.87. The second-order valence-electron chi connectivity index (χ2n) is 4.05. The van der Waals surface area contributed by atoms with Gasteiger partial charge in [-0.1, -0.05) is 0 Å². The third-order valence-corrected chi connectivity index (χ3v) is 2.60. The van der Waals surface area contributed by atoms with Gasteiger partial charge in [0.15, 0.2) is 0 Å². The molecule has 1 aliphatic carbocycles. The molecule has 1 heterocycles. The van der Waals surface area contributed by atoms with E-state index in [4.69, 9.17) is 0 Å². The van der Waals surface area contributed by atoms with Crippen LogP contribution in [0.5, 0.6) is 0 Å². The summed E-state index contributed by atoms with van der Waals surface area (Å²) >= 11 is 0.